The number of hydrogen-bond acceptors (Lipinski definition) is 4. The summed E-state index contributed by atoms with van der Waals surface area (Å²) in [5.41, 5.74) is 3.98. The van der Waals surface area contributed by atoms with Gasteiger partial charge in [-0.25, -0.2) is 0 Å². The molecular weight excluding hydrogens is 352 g/mol. The lowest BCUT2D eigenvalue weighted by atomic mass is 9.96. The number of rotatable bonds is 6. The molecule has 140 valence electrons. The Balaban J connectivity index is 1.62. The minimum absolute atomic E-state index is 0.335. The molecule has 3 nitrogen and oxygen atoms in total. The van der Waals surface area contributed by atoms with Gasteiger partial charge in [0.2, 0.25) is 0 Å². The van der Waals surface area contributed by atoms with Crippen LogP contribution in [-0.2, 0) is 6.42 Å². The zero-order chi connectivity index (χ0) is 18.5. The van der Waals surface area contributed by atoms with Gasteiger partial charge in [0.15, 0.2) is 0 Å². The van der Waals surface area contributed by atoms with E-state index in [9.17, 15) is 0 Å². The monoisotopic (exact) mass is 378 g/mol. The molecule has 2 aromatic carbocycles. The van der Waals surface area contributed by atoms with Gasteiger partial charge in [-0.05, 0) is 35.1 Å². The summed E-state index contributed by atoms with van der Waals surface area (Å²) in [6.45, 7) is 4.23. The lowest BCUT2D eigenvalue weighted by Gasteiger charge is -2.35. The Kier molecular flexibility index (Phi) is 5.87. The summed E-state index contributed by atoms with van der Waals surface area (Å²) in [5, 5.41) is 5.78. The number of methoxy groups -OCH3 is 1. The molecule has 4 heteroatoms. The first-order valence-corrected chi connectivity index (χ1v) is 10.4. The largest absolute Gasteiger partial charge is 0.496 e. The van der Waals surface area contributed by atoms with Gasteiger partial charge in [-0.3, -0.25) is 4.90 Å². The van der Waals surface area contributed by atoms with E-state index in [2.05, 4.69) is 76.3 Å². The molecule has 27 heavy (non-hydrogen) atoms. The van der Waals surface area contributed by atoms with Crippen LogP contribution in [0, 0.1) is 0 Å². The van der Waals surface area contributed by atoms with Crippen LogP contribution in [0.5, 0.6) is 5.75 Å². The predicted octanol–water partition coefficient (Wildman–Crippen LogP) is 4.61. The normalized spacial score (nSPS) is 16.2. The van der Waals surface area contributed by atoms with E-state index in [0.717, 1.165) is 38.3 Å². The highest BCUT2D eigenvalue weighted by Crippen LogP contribution is 2.35. The van der Waals surface area contributed by atoms with E-state index in [1.165, 1.54) is 21.6 Å². The second-order valence-electron chi connectivity index (χ2n) is 6.93. The van der Waals surface area contributed by atoms with Crippen LogP contribution in [0.2, 0.25) is 0 Å². The predicted molar refractivity (Wildman–Crippen MR) is 114 cm³/mol. The first-order chi connectivity index (χ1) is 13.3. The summed E-state index contributed by atoms with van der Waals surface area (Å²) in [4.78, 5) is 3.93. The third-order valence-corrected chi connectivity index (χ3v) is 6.26. The molecule has 1 aromatic heterocycles. The van der Waals surface area contributed by atoms with Gasteiger partial charge >= 0.3 is 0 Å². The van der Waals surface area contributed by atoms with Crippen molar-refractivity contribution in [1.82, 2.24) is 10.2 Å². The summed E-state index contributed by atoms with van der Waals surface area (Å²) in [6.07, 6.45) is 1.00. The summed E-state index contributed by atoms with van der Waals surface area (Å²) in [6, 6.07) is 21.8. The Labute approximate surface area is 165 Å². The van der Waals surface area contributed by atoms with Crippen LogP contribution >= 0.6 is 11.3 Å². The van der Waals surface area contributed by atoms with Gasteiger partial charge in [0.25, 0.3) is 0 Å². The Morgan fingerprint density at radius 1 is 1.04 bits per heavy atom. The standard InChI is InChI=1S/C23H26N2OS/c1-26-22-10-6-5-9-20(22)21(25-13-11-24-12-14-25)15-18-16-23(27-17-18)19-7-3-2-4-8-19/h2-10,16-17,21,24H,11-15H2,1H3. The first-order valence-electron chi connectivity index (χ1n) is 9.55. The van der Waals surface area contributed by atoms with Crippen molar-refractivity contribution < 1.29 is 4.74 Å². The Hall–Kier alpha value is -2.14. The highest BCUT2D eigenvalue weighted by molar-refractivity contribution is 7.13. The molecular formula is C23H26N2OS. The number of hydrogen-bond donors (Lipinski definition) is 1. The van der Waals surface area contributed by atoms with E-state index in [0.29, 0.717) is 6.04 Å². The summed E-state index contributed by atoms with van der Waals surface area (Å²) in [7, 11) is 1.77. The van der Waals surface area contributed by atoms with Crippen molar-refractivity contribution in [3.63, 3.8) is 0 Å². The Morgan fingerprint density at radius 3 is 2.56 bits per heavy atom. The van der Waals surface area contributed by atoms with E-state index in [-0.39, 0.29) is 0 Å². The minimum atomic E-state index is 0.335. The molecule has 1 aliphatic rings. The van der Waals surface area contributed by atoms with Gasteiger partial charge in [-0.1, -0.05) is 48.5 Å². The number of benzene rings is 2. The van der Waals surface area contributed by atoms with E-state index in [4.69, 9.17) is 4.74 Å². The molecule has 4 rings (SSSR count). The second kappa shape index (κ2) is 8.70. The number of nitrogens with one attached hydrogen (secondary N) is 1. The lowest BCUT2D eigenvalue weighted by Crippen LogP contribution is -2.45. The van der Waals surface area contributed by atoms with Crippen molar-refractivity contribution in [2.75, 3.05) is 33.3 Å². The van der Waals surface area contributed by atoms with Gasteiger partial charge < -0.3 is 10.1 Å². The van der Waals surface area contributed by atoms with E-state index >= 15 is 0 Å². The summed E-state index contributed by atoms with van der Waals surface area (Å²) < 4.78 is 5.69. The number of piperazine rings is 1. The molecule has 1 atom stereocenters. The van der Waals surface area contributed by atoms with Crippen molar-refractivity contribution in [1.29, 1.82) is 0 Å². The van der Waals surface area contributed by atoms with Gasteiger partial charge in [0.1, 0.15) is 5.75 Å². The van der Waals surface area contributed by atoms with Crippen LogP contribution in [0.3, 0.4) is 0 Å². The molecule has 0 radical (unpaired) electrons. The molecule has 1 saturated heterocycles. The highest BCUT2D eigenvalue weighted by Gasteiger charge is 2.25. The Morgan fingerprint density at radius 2 is 1.78 bits per heavy atom. The molecule has 0 bridgehead atoms. The van der Waals surface area contributed by atoms with Crippen molar-refractivity contribution in [3.05, 3.63) is 77.2 Å². The zero-order valence-corrected chi connectivity index (χ0v) is 16.5. The van der Waals surface area contributed by atoms with Gasteiger partial charge in [-0.15, -0.1) is 11.3 Å². The number of thiophene rings is 1. The SMILES string of the molecule is COc1ccccc1C(Cc1csc(-c2ccccc2)c1)N1CCNCC1. The molecule has 1 fully saturated rings. The van der Waals surface area contributed by atoms with Crippen LogP contribution < -0.4 is 10.1 Å². The van der Waals surface area contributed by atoms with Crippen molar-refractivity contribution in [3.8, 4) is 16.2 Å². The fraction of sp³-hybridized carbons (Fsp3) is 0.304. The molecule has 0 saturated carbocycles. The maximum Gasteiger partial charge on any atom is 0.123 e. The van der Waals surface area contributed by atoms with Crippen molar-refractivity contribution in [2.45, 2.75) is 12.5 Å². The molecule has 0 aliphatic carbocycles. The third-order valence-electron chi connectivity index (χ3n) is 5.23. The van der Waals surface area contributed by atoms with Crippen LogP contribution in [-0.4, -0.2) is 38.2 Å². The quantitative estimate of drug-likeness (QED) is 0.678. The maximum atomic E-state index is 5.69. The number of para-hydroxylation sites is 1. The molecule has 1 aliphatic heterocycles. The van der Waals surface area contributed by atoms with E-state index < -0.39 is 0 Å². The molecule has 0 spiro atoms. The highest BCUT2D eigenvalue weighted by atomic mass is 32.1. The van der Waals surface area contributed by atoms with E-state index in [1.54, 1.807) is 7.11 Å². The average molecular weight is 379 g/mol. The average Bonchev–Trinajstić information content (AvgIpc) is 3.22. The van der Waals surface area contributed by atoms with Gasteiger partial charge in [-0.2, -0.15) is 0 Å². The van der Waals surface area contributed by atoms with Crippen LogP contribution in [0.25, 0.3) is 10.4 Å². The second-order valence-corrected chi connectivity index (χ2v) is 7.84. The Bertz CT molecular complexity index is 856. The lowest BCUT2D eigenvalue weighted by molar-refractivity contribution is 0.169. The van der Waals surface area contributed by atoms with E-state index in [1.807, 2.05) is 11.3 Å². The van der Waals surface area contributed by atoms with Crippen LogP contribution in [0.4, 0.5) is 0 Å². The number of ether oxygens (including phenoxy) is 1. The van der Waals surface area contributed by atoms with Crippen LogP contribution in [0.15, 0.2) is 66.0 Å². The maximum absolute atomic E-state index is 5.69. The molecule has 1 N–H and O–H groups in total. The van der Waals surface area contributed by atoms with Crippen LogP contribution in [0.1, 0.15) is 17.2 Å². The zero-order valence-electron chi connectivity index (χ0n) is 15.7. The van der Waals surface area contributed by atoms with Gasteiger partial charge in [0, 0.05) is 42.7 Å². The summed E-state index contributed by atoms with van der Waals surface area (Å²) >= 11 is 1.83. The summed E-state index contributed by atoms with van der Waals surface area (Å²) in [5.74, 6) is 0.986. The molecule has 1 unspecified atom stereocenters. The smallest absolute Gasteiger partial charge is 0.123 e. The number of nitrogens with zero attached hydrogens (tertiary/aromatic N) is 1. The third kappa shape index (κ3) is 4.24. The fourth-order valence-electron chi connectivity index (χ4n) is 3.83. The van der Waals surface area contributed by atoms with Crippen molar-refractivity contribution >= 4 is 11.3 Å². The molecule has 2 heterocycles. The topological polar surface area (TPSA) is 24.5 Å². The minimum Gasteiger partial charge on any atom is -0.496 e. The molecule has 3 aromatic rings. The van der Waals surface area contributed by atoms with Crippen molar-refractivity contribution in [2.24, 2.45) is 0 Å². The van der Waals surface area contributed by atoms with Gasteiger partial charge in [0.05, 0.1) is 7.11 Å². The molecule has 0 amide bonds. The first kappa shape index (κ1) is 18.2. The fourth-order valence-corrected chi connectivity index (χ4v) is 4.77.